The number of sulfonamides is 1. The van der Waals surface area contributed by atoms with Gasteiger partial charge in [-0.2, -0.15) is 0 Å². The molecule has 0 saturated carbocycles. The maximum Gasteiger partial charge on any atom is 0.337 e. The maximum atomic E-state index is 12.6. The van der Waals surface area contributed by atoms with Gasteiger partial charge in [0.05, 0.1) is 36.7 Å². The summed E-state index contributed by atoms with van der Waals surface area (Å²) >= 11 is 0. The van der Waals surface area contributed by atoms with Gasteiger partial charge >= 0.3 is 11.9 Å². The molecule has 0 spiro atoms. The molecule has 2 rings (SSSR count). The Hall–Kier alpha value is -3.24. The van der Waals surface area contributed by atoms with Gasteiger partial charge in [0, 0.05) is 13.1 Å². The average Bonchev–Trinajstić information content (AvgIpc) is 2.76. The van der Waals surface area contributed by atoms with Crippen molar-refractivity contribution in [3.8, 4) is 0 Å². The van der Waals surface area contributed by atoms with Crippen LogP contribution < -0.4 is 10.0 Å². The first-order valence-corrected chi connectivity index (χ1v) is 10.4. The minimum Gasteiger partial charge on any atom is -0.465 e. The van der Waals surface area contributed by atoms with Crippen molar-refractivity contribution in [1.29, 1.82) is 0 Å². The zero-order valence-corrected chi connectivity index (χ0v) is 17.3. The zero-order chi connectivity index (χ0) is 22.1. The molecule has 10 heteroatoms. The molecule has 0 fully saturated rings. The molecular weight excluding hydrogens is 412 g/mol. The number of esters is 2. The summed E-state index contributed by atoms with van der Waals surface area (Å²) in [5, 5.41) is 2.62. The maximum absolute atomic E-state index is 12.6. The van der Waals surface area contributed by atoms with Crippen molar-refractivity contribution in [2.45, 2.75) is 11.3 Å². The zero-order valence-electron chi connectivity index (χ0n) is 16.5. The molecule has 0 heterocycles. The van der Waals surface area contributed by atoms with Crippen LogP contribution in [0, 0.1) is 0 Å². The number of carbonyl (C=O) groups excluding carboxylic acids is 3. The Morgan fingerprint density at radius 3 is 1.97 bits per heavy atom. The summed E-state index contributed by atoms with van der Waals surface area (Å²) in [5.41, 5.74) is 0.611. The average molecular weight is 434 g/mol. The predicted molar refractivity (Wildman–Crippen MR) is 107 cm³/mol. The molecule has 9 nitrogen and oxygen atoms in total. The Kier molecular flexibility index (Phi) is 8.07. The van der Waals surface area contributed by atoms with E-state index in [1.807, 2.05) is 30.3 Å². The SMILES string of the molecule is COC(=O)c1cc(C(=O)OC)cc(S(=O)(=O)NCCNC(=O)Cc2ccccc2)c1. The topological polar surface area (TPSA) is 128 Å². The monoisotopic (exact) mass is 434 g/mol. The van der Waals surface area contributed by atoms with E-state index in [2.05, 4.69) is 19.5 Å². The Labute approximate surface area is 174 Å². The number of methoxy groups -OCH3 is 2. The van der Waals surface area contributed by atoms with Crippen molar-refractivity contribution in [3.05, 3.63) is 65.2 Å². The van der Waals surface area contributed by atoms with E-state index in [1.165, 1.54) is 6.07 Å². The number of amides is 1. The Morgan fingerprint density at radius 2 is 1.43 bits per heavy atom. The molecule has 2 aromatic carbocycles. The molecule has 0 aliphatic carbocycles. The summed E-state index contributed by atoms with van der Waals surface area (Å²) < 4.78 is 36.6. The largest absolute Gasteiger partial charge is 0.465 e. The van der Waals surface area contributed by atoms with Gasteiger partial charge in [0.2, 0.25) is 15.9 Å². The van der Waals surface area contributed by atoms with Crippen molar-refractivity contribution >= 4 is 27.9 Å². The van der Waals surface area contributed by atoms with Crippen LogP contribution in [0.3, 0.4) is 0 Å². The molecule has 0 bridgehead atoms. The molecule has 2 N–H and O–H groups in total. The van der Waals surface area contributed by atoms with Gasteiger partial charge in [0.25, 0.3) is 0 Å². The van der Waals surface area contributed by atoms with E-state index in [-0.39, 0.29) is 41.4 Å². The third-order valence-electron chi connectivity index (χ3n) is 4.01. The lowest BCUT2D eigenvalue weighted by Crippen LogP contribution is -2.35. The van der Waals surface area contributed by atoms with Gasteiger partial charge in [-0.15, -0.1) is 0 Å². The van der Waals surface area contributed by atoms with Crippen LogP contribution in [0.25, 0.3) is 0 Å². The minimum absolute atomic E-state index is 0.0610. The Balaban J connectivity index is 2.03. The molecule has 160 valence electrons. The van der Waals surface area contributed by atoms with E-state index < -0.39 is 22.0 Å². The number of rotatable bonds is 9. The quantitative estimate of drug-likeness (QED) is 0.443. The number of carbonyl (C=O) groups is 3. The van der Waals surface area contributed by atoms with Crippen molar-refractivity contribution in [1.82, 2.24) is 10.0 Å². The van der Waals surface area contributed by atoms with E-state index >= 15 is 0 Å². The van der Waals surface area contributed by atoms with Crippen LogP contribution in [0.4, 0.5) is 0 Å². The molecule has 0 unspecified atom stereocenters. The van der Waals surface area contributed by atoms with Crippen LogP contribution in [0.5, 0.6) is 0 Å². The van der Waals surface area contributed by atoms with Crippen LogP contribution in [0.1, 0.15) is 26.3 Å². The van der Waals surface area contributed by atoms with Gasteiger partial charge in [-0.25, -0.2) is 22.7 Å². The molecule has 0 saturated heterocycles. The van der Waals surface area contributed by atoms with Crippen LogP contribution in [0.2, 0.25) is 0 Å². The van der Waals surface area contributed by atoms with Crippen LogP contribution in [0.15, 0.2) is 53.4 Å². The van der Waals surface area contributed by atoms with E-state index in [9.17, 15) is 22.8 Å². The molecule has 0 aliphatic heterocycles. The third kappa shape index (κ3) is 6.39. The van der Waals surface area contributed by atoms with Crippen LogP contribution in [-0.2, 0) is 30.7 Å². The lowest BCUT2D eigenvalue weighted by atomic mass is 10.1. The number of hydrogen-bond donors (Lipinski definition) is 2. The lowest BCUT2D eigenvalue weighted by Gasteiger charge is -2.11. The second-order valence-corrected chi connectivity index (χ2v) is 7.91. The fourth-order valence-corrected chi connectivity index (χ4v) is 3.64. The van der Waals surface area contributed by atoms with Gasteiger partial charge < -0.3 is 14.8 Å². The number of ether oxygens (including phenoxy) is 2. The number of benzene rings is 2. The molecule has 2 aromatic rings. The summed E-state index contributed by atoms with van der Waals surface area (Å²) in [4.78, 5) is 35.2. The van der Waals surface area contributed by atoms with E-state index in [4.69, 9.17) is 0 Å². The standard InChI is InChI=1S/C20H22N2O7S/c1-28-19(24)15-11-16(20(25)29-2)13-17(12-15)30(26,27)22-9-8-21-18(23)10-14-6-4-3-5-7-14/h3-7,11-13,22H,8-10H2,1-2H3,(H,21,23). The van der Waals surface area contributed by atoms with Gasteiger partial charge in [-0.3, -0.25) is 4.79 Å². The summed E-state index contributed by atoms with van der Waals surface area (Å²) in [7, 11) is -1.79. The number of hydrogen-bond acceptors (Lipinski definition) is 7. The van der Waals surface area contributed by atoms with E-state index in [0.717, 1.165) is 31.9 Å². The highest BCUT2D eigenvalue weighted by molar-refractivity contribution is 7.89. The highest BCUT2D eigenvalue weighted by atomic mass is 32.2. The van der Waals surface area contributed by atoms with Crippen molar-refractivity contribution in [2.24, 2.45) is 0 Å². The van der Waals surface area contributed by atoms with E-state index in [1.54, 1.807) is 0 Å². The van der Waals surface area contributed by atoms with Crippen molar-refractivity contribution in [3.63, 3.8) is 0 Å². The van der Waals surface area contributed by atoms with Gasteiger partial charge in [0.1, 0.15) is 0 Å². The molecule has 1 amide bonds. The van der Waals surface area contributed by atoms with Gasteiger partial charge in [-0.1, -0.05) is 30.3 Å². The molecule has 0 aliphatic rings. The minimum atomic E-state index is -4.06. The molecule has 0 atom stereocenters. The van der Waals surface area contributed by atoms with Crippen molar-refractivity contribution < 1.29 is 32.3 Å². The fraction of sp³-hybridized carbons (Fsp3) is 0.250. The Bertz CT molecular complexity index is 986. The summed E-state index contributed by atoms with van der Waals surface area (Å²) in [6, 6.07) is 12.5. The van der Waals surface area contributed by atoms with E-state index in [0.29, 0.717) is 0 Å². The summed E-state index contributed by atoms with van der Waals surface area (Å²) in [6.45, 7) is -0.0235. The lowest BCUT2D eigenvalue weighted by molar-refractivity contribution is -0.120. The molecule has 30 heavy (non-hydrogen) atoms. The second kappa shape index (κ2) is 10.5. The Morgan fingerprint density at radius 1 is 0.867 bits per heavy atom. The van der Waals surface area contributed by atoms with Gasteiger partial charge in [0.15, 0.2) is 0 Å². The van der Waals surface area contributed by atoms with Crippen LogP contribution >= 0.6 is 0 Å². The fourth-order valence-electron chi connectivity index (χ4n) is 2.54. The first-order chi connectivity index (χ1) is 14.3. The van der Waals surface area contributed by atoms with Gasteiger partial charge in [-0.05, 0) is 23.8 Å². The highest BCUT2D eigenvalue weighted by Gasteiger charge is 2.21. The first-order valence-electron chi connectivity index (χ1n) is 8.89. The van der Waals surface area contributed by atoms with Crippen LogP contribution in [-0.4, -0.2) is 53.6 Å². The van der Waals surface area contributed by atoms with Crippen molar-refractivity contribution in [2.75, 3.05) is 27.3 Å². The first kappa shape index (κ1) is 23.0. The summed E-state index contributed by atoms with van der Waals surface area (Å²) in [6.07, 6.45) is 0.178. The second-order valence-electron chi connectivity index (χ2n) is 6.14. The predicted octanol–water partition coefficient (Wildman–Crippen LogP) is 0.897. The highest BCUT2D eigenvalue weighted by Crippen LogP contribution is 2.17. The molecule has 0 aromatic heterocycles. The molecule has 0 radical (unpaired) electrons. The normalized spacial score (nSPS) is 10.9. The molecular formula is C20H22N2O7S. The third-order valence-corrected chi connectivity index (χ3v) is 5.45. The summed E-state index contributed by atoms with van der Waals surface area (Å²) in [5.74, 6) is -1.85. The smallest absolute Gasteiger partial charge is 0.337 e. The number of nitrogens with one attached hydrogen (secondary N) is 2.